The number of rotatable bonds is 3. The van der Waals surface area contributed by atoms with Crippen molar-refractivity contribution in [2.75, 3.05) is 26.2 Å². The Morgan fingerprint density at radius 1 is 1.38 bits per heavy atom. The zero-order chi connectivity index (χ0) is 11.5. The summed E-state index contributed by atoms with van der Waals surface area (Å²) in [5, 5.41) is 0. The lowest BCUT2D eigenvalue weighted by atomic mass is 10.0. The smallest absolute Gasteiger partial charge is 0.320 e. The van der Waals surface area contributed by atoms with Crippen molar-refractivity contribution in [2.45, 2.75) is 39.5 Å². The molecule has 0 aromatic carbocycles. The van der Waals surface area contributed by atoms with Crippen molar-refractivity contribution in [3.8, 4) is 0 Å². The van der Waals surface area contributed by atoms with Gasteiger partial charge >= 0.3 is 6.03 Å². The summed E-state index contributed by atoms with van der Waals surface area (Å²) in [5.74, 6) is 1.48. The molecular formula is C13H24N2O. The quantitative estimate of drug-likeness (QED) is 0.722. The maximum atomic E-state index is 12.3. The highest BCUT2D eigenvalue weighted by atomic mass is 16.2. The highest BCUT2D eigenvalue weighted by Crippen LogP contribution is 2.30. The maximum Gasteiger partial charge on any atom is 0.320 e. The van der Waals surface area contributed by atoms with Crippen molar-refractivity contribution in [3.05, 3.63) is 0 Å². The van der Waals surface area contributed by atoms with E-state index < -0.39 is 0 Å². The molecule has 1 saturated heterocycles. The van der Waals surface area contributed by atoms with Crippen molar-refractivity contribution in [2.24, 2.45) is 11.8 Å². The van der Waals surface area contributed by atoms with Crippen molar-refractivity contribution in [1.29, 1.82) is 0 Å². The van der Waals surface area contributed by atoms with Gasteiger partial charge in [0.05, 0.1) is 0 Å². The lowest BCUT2D eigenvalue weighted by molar-refractivity contribution is 0.131. The highest BCUT2D eigenvalue weighted by Gasteiger charge is 2.29. The predicted molar refractivity (Wildman–Crippen MR) is 65.3 cm³/mol. The van der Waals surface area contributed by atoms with Crippen molar-refractivity contribution in [1.82, 2.24) is 9.80 Å². The number of carbonyl (C=O) groups is 1. The number of piperidine rings is 1. The third-order valence-electron chi connectivity index (χ3n) is 3.76. The van der Waals surface area contributed by atoms with Crippen LogP contribution in [-0.4, -0.2) is 42.0 Å². The van der Waals surface area contributed by atoms with Crippen LogP contribution in [0.5, 0.6) is 0 Å². The molecule has 2 rings (SSSR count). The Labute approximate surface area is 98.8 Å². The van der Waals surface area contributed by atoms with Crippen LogP contribution < -0.4 is 0 Å². The minimum absolute atomic E-state index is 0.279. The molecule has 0 radical (unpaired) electrons. The molecule has 1 unspecified atom stereocenters. The number of hydrogen-bond acceptors (Lipinski definition) is 1. The fraction of sp³-hybridized carbons (Fsp3) is 0.923. The van der Waals surface area contributed by atoms with E-state index in [1.165, 1.54) is 25.7 Å². The largest absolute Gasteiger partial charge is 0.325 e. The van der Waals surface area contributed by atoms with Crippen LogP contribution in [0.25, 0.3) is 0 Å². The molecule has 1 aliphatic carbocycles. The van der Waals surface area contributed by atoms with Gasteiger partial charge < -0.3 is 9.80 Å². The van der Waals surface area contributed by atoms with Gasteiger partial charge in [0.2, 0.25) is 0 Å². The second kappa shape index (κ2) is 5.07. The molecule has 92 valence electrons. The molecule has 1 atom stereocenters. The molecule has 1 aliphatic heterocycles. The molecule has 2 amide bonds. The lowest BCUT2D eigenvalue weighted by Crippen LogP contribution is -2.47. The summed E-state index contributed by atoms with van der Waals surface area (Å²) in [7, 11) is 0. The molecule has 2 fully saturated rings. The first-order valence-electron chi connectivity index (χ1n) is 6.74. The molecule has 1 heterocycles. The number of amides is 2. The lowest BCUT2D eigenvalue weighted by Gasteiger charge is -2.35. The fourth-order valence-electron chi connectivity index (χ4n) is 2.52. The van der Waals surface area contributed by atoms with E-state index in [1.807, 2.05) is 4.90 Å². The normalized spacial score (nSPS) is 25.6. The van der Waals surface area contributed by atoms with Crippen molar-refractivity contribution in [3.63, 3.8) is 0 Å². The molecule has 3 heteroatoms. The summed E-state index contributed by atoms with van der Waals surface area (Å²) in [6, 6.07) is 0.279. The van der Waals surface area contributed by atoms with Crippen LogP contribution >= 0.6 is 0 Å². The van der Waals surface area contributed by atoms with E-state index in [2.05, 4.69) is 18.7 Å². The van der Waals surface area contributed by atoms with E-state index in [0.29, 0.717) is 5.92 Å². The second-order valence-electron chi connectivity index (χ2n) is 5.46. The van der Waals surface area contributed by atoms with Crippen LogP contribution in [0.2, 0.25) is 0 Å². The van der Waals surface area contributed by atoms with Crippen molar-refractivity contribution < 1.29 is 4.79 Å². The predicted octanol–water partition coefficient (Wildman–Crippen LogP) is 2.57. The van der Waals surface area contributed by atoms with E-state index >= 15 is 0 Å². The summed E-state index contributed by atoms with van der Waals surface area (Å²) in [6.45, 7) is 8.11. The summed E-state index contributed by atoms with van der Waals surface area (Å²) in [6.07, 6.45) is 5.09. The van der Waals surface area contributed by atoms with Gasteiger partial charge in [-0.3, -0.25) is 0 Å². The van der Waals surface area contributed by atoms with Gasteiger partial charge in [-0.15, -0.1) is 0 Å². The van der Waals surface area contributed by atoms with E-state index in [4.69, 9.17) is 0 Å². The monoisotopic (exact) mass is 224 g/mol. The average molecular weight is 224 g/mol. The van der Waals surface area contributed by atoms with E-state index in [0.717, 1.165) is 32.1 Å². The summed E-state index contributed by atoms with van der Waals surface area (Å²) >= 11 is 0. The van der Waals surface area contributed by atoms with Gasteiger partial charge in [0.15, 0.2) is 0 Å². The Morgan fingerprint density at radius 2 is 2.12 bits per heavy atom. The molecule has 0 aromatic rings. The summed E-state index contributed by atoms with van der Waals surface area (Å²) in [5.41, 5.74) is 0. The Balaban J connectivity index is 1.87. The molecule has 16 heavy (non-hydrogen) atoms. The second-order valence-corrected chi connectivity index (χ2v) is 5.46. The summed E-state index contributed by atoms with van der Waals surface area (Å²) < 4.78 is 0. The number of likely N-dealkylation sites (tertiary alicyclic amines) is 1. The molecule has 0 spiro atoms. The number of nitrogens with zero attached hydrogens (tertiary/aromatic N) is 2. The topological polar surface area (TPSA) is 23.6 Å². The molecule has 1 saturated carbocycles. The van der Waals surface area contributed by atoms with Crippen LogP contribution in [0.1, 0.15) is 39.5 Å². The van der Waals surface area contributed by atoms with Gasteiger partial charge in [0.1, 0.15) is 0 Å². The molecule has 0 aromatic heterocycles. The average Bonchev–Trinajstić information content (AvgIpc) is 3.09. The van der Waals surface area contributed by atoms with Crippen LogP contribution in [-0.2, 0) is 0 Å². The van der Waals surface area contributed by atoms with Gasteiger partial charge in [-0.05, 0) is 44.4 Å². The third kappa shape index (κ3) is 2.89. The molecule has 3 nitrogen and oxygen atoms in total. The van der Waals surface area contributed by atoms with E-state index in [9.17, 15) is 4.79 Å². The van der Waals surface area contributed by atoms with Gasteiger partial charge in [0, 0.05) is 26.2 Å². The minimum Gasteiger partial charge on any atom is -0.325 e. The van der Waals surface area contributed by atoms with Crippen LogP contribution in [0.4, 0.5) is 4.79 Å². The van der Waals surface area contributed by atoms with Gasteiger partial charge in [-0.25, -0.2) is 4.79 Å². The Morgan fingerprint density at radius 3 is 2.69 bits per heavy atom. The number of hydrogen-bond donors (Lipinski definition) is 0. The SMILES string of the molecule is CCN(CC1CC1)C(=O)N1CCCC(C)C1. The Kier molecular flexibility index (Phi) is 3.72. The Bertz CT molecular complexity index is 244. The third-order valence-corrected chi connectivity index (χ3v) is 3.76. The van der Waals surface area contributed by atoms with Gasteiger partial charge in [-0.1, -0.05) is 6.92 Å². The zero-order valence-corrected chi connectivity index (χ0v) is 10.6. The highest BCUT2D eigenvalue weighted by molar-refractivity contribution is 5.74. The summed E-state index contributed by atoms with van der Waals surface area (Å²) in [4.78, 5) is 16.4. The molecule has 0 N–H and O–H groups in total. The van der Waals surface area contributed by atoms with Crippen molar-refractivity contribution >= 4 is 6.03 Å². The number of carbonyl (C=O) groups excluding carboxylic acids is 1. The van der Waals surface area contributed by atoms with E-state index in [1.54, 1.807) is 0 Å². The standard InChI is InChI=1S/C13H24N2O/c1-3-14(10-12-6-7-12)13(16)15-8-4-5-11(2)9-15/h11-12H,3-10H2,1-2H3. The fourth-order valence-corrected chi connectivity index (χ4v) is 2.52. The Hall–Kier alpha value is -0.730. The first-order valence-corrected chi connectivity index (χ1v) is 6.74. The number of urea groups is 1. The molecular weight excluding hydrogens is 200 g/mol. The zero-order valence-electron chi connectivity index (χ0n) is 10.6. The van der Waals surface area contributed by atoms with Crippen LogP contribution in [0, 0.1) is 11.8 Å². The maximum absolute atomic E-state index is 12.3. The van der Waals surface area contributed by atoms with Crippen LogP contribution in [0.15, 0.2) is 0 Å². The van der Waals surface area contributed by atoms with Gasteiger partial charge in [-0.2, -0.15) is 0 Å². The van der Waals surface area contributed by atoms with E-state index in [-0.39, 0.29) is 6.03 Å². The molecule has 0 bridgehead atoms. The first-order chi connectivity index (χ1) is 7.70. The van der Waals surface area contributed by atoms with Crippen LogP contribution in [0.3, 0.4) is 0 Å². The van der Waals surface area contributed by atoms with Gasteiger partial charge in [0.25, 0.3) is 0 Å². The first kappa shape index (κ1) is 11.7. The minimum atomic E-state index is 0.279. The molecule has 2 aliphatic rings.